The van der Waals surface area contributed by atoms with Crippen molar-refractivity contribution < 1.29 is 24.0 Å². The Morgan fingerprint density at radius 2 is 2.19 bits per heavy atom. The Hall–Kier alpha value is -2.16. The van der Waals surface area contributed by atoms with Crippen LogP contribution in [-0.4, -0.2) is 39.0 Å². The van der Waals surface area contributed by atoms with E-state index in [-0.39, 0.29) is 12.2 Å². The van der Waals surface area contributed by atoms with Crippen LogP contribution in [0.2, 0.25) is 0 Å². The van der Waals surface area contributed by atoms with E-state index in [0.717, 1.165) is 12.1 Å². The molecule has 0 saturated carbocycles. The lowest BCUT2D eigenvalue weighted by atomic mass is 9.98. The van der Waals surface area contributed by atoms with E-state index in [0.29, 0.717) is 11.8 Å². The minimum Gasteiger partial charge on any atom is -0.479 e. The zero-order valence-electron chi connectivity index (χ0n) is 10.7. The van der Waals surface area contributed by atoms with Crippen LogP contribution in [0.4, 0.5) is 10.1 Å². The van der Waals surface area contributed by atoms with Gasteiger partial charge >= 0.3 is 5.97 Å². The summed E-state index contributed by atoms with van der Waals surface area (Å²) in [6.45, 7) is 0. The van der Waals surface area contributed by atoms with Crippen LogP contribution in [0.25, 0.3) is 0 Å². The van der Waals surface area contributed by atoms with Crippen LogP contribution in [0.15, 0.2) is 18.2 Å². The Morgan fingerprint density at radius 1 is 1.48 bits per heavy atom. The van der Waals surface area contributed by atoms with Crippen molar-refractivity contribution >= 4 is 29.3 Å². The van der Waals surface area contributed by atoms with Gasteiger partial charge in [-0.3, -0.25) is 14.9 Å². The number of non-ortho nitro benzene ring substituents is 1. The lowest BCUT2D eigenvalue weighted by molar-refractivity contribution is -0.385. The zero-order chi connectivity index (χ0) is 15.6. The Kier molecular flexibility index (Phi) is 4.12. The van der Waals surface area contributed by atoms with Gasteiger partial charge in [-0.2, -0.15) is 11.8 Å². The summed E-state index contributed by atoms with van der Waals surface area (Å²) in [5, 5.41) is 22.1. The van der Waals surface area contributed by atoms with Crippen molar-refractivity contribution in [2.45, 2.75) is 12.0 Å². The molecule has 0 bridgehead atoms. The molecule has 1 amide bonds. The van der Waals surface area contributed by atoms with Crippen molar-refractivity contribution in [3.05, 3.63) is 39.7 Å². The number of amides is 1. The van der Waals surface area contributed by atoms with Crippen molar-refractivity contribution in [3.63, 3.8) is 0 Å². The fourth-order valence-corrected chi connectivity index (χ4v) is 3.30. The Morgan fingerprint density at radius 3 is 2.67 bits per heavy atom. The van der Waals surface area contributed by atoms with E-state index in [9.17, 15) is 29.2 Å². The smallest absolute Gasteiger partial charge is 0.330 e. The maximum Gasteiger partial charge on any atom is 0.330 e. The van der Waals surface area contributed by atoms with Crippen LogP contribution in [0.1, 0.15) is 16.8 Å². The lowest BCUT2D eigenvalue weighted by Gasteiger charge is -2.24. The number of nitro groups is 1. The minimum absolute atomic E-state index is 0.197. The van der Waals surface area contributed by atoms with E-state index in [2.05, 4.69) is 5.32 Å². The molecule has 0 aliphatic carbocycles. The normalized spacial score (nSPS) is 21.0. The molecule has 112 valence electrons. The molecule has 1 saturated heterocycles. The molecule has 1 aliphatic rings. The number of nitrogens with one attached hydrogen (secondary N) is 1. The highest BCUT2D eigenvalue weighted by atomic mass is 32.2. The van der Waals surface area contributed by atoms with Gasteiger partial charge in [0.1, 0.15) is 11.4 Å². The number of carbonyl (C=O) groups is 2. The van der Waals surface area contributed by atoms with Gasteiger partial charge in [0.25, 0.3) is 11.6 Å². The predicted molar refractivity (Wildman–Crippen MR) is 72.8 cm³/mol. The Bertz CT molecular complexity index is 616. The molecule has 1 aromatic carbocycles. The number of carbonyl (C=O) groups excluding carboxylic acids is 1. The fraction of sp³-hybridized carbons (Fsp3) is 0.333. The zero-order valence-corrected chi connectivity index (χ0v) is 11.5. The number of nitrogens with zero attached hydrogens (tertiary/aromatic N) is 1. The molecule has 2 N–H and O–H groups in total. The summed E-state index contributed by atoms with van der Waals surface area (Å²) < 4.78 is 13.7. The number of hydrogen-bond donors (Lipinski definition) is 2. The van der Waals surface area contributed by atoms with Gasteiger partial charge in [0.2, 0.25) is 0 Å². The minimum atomic E-state index is -1.42. The number of carboxylic acids is 1. The van der Waals surface area contributed by atoms with Crippen LogP contribution in [0.3, 0.4) is 0 Å². The maximum absolute atomic E-state index is 13.7. The van der Waals surface area contributed by atoms with Crippen molar-refractivity contribution in [1.29, 1.82) is 0 Å². The van der Waals surface area contributed by atoms with Gasteiger partial charge in [-0.05, 0) is 18.2 Å². The lowest BCUT2D eigenvalue weighted by Crippen LogP contribution is -2.54. The fourth-order valence-electron chi connectivity index (χ4n) is 1.97. The molecule has 7 nitrogen and oxygen atoms in total. The van der Waals surface area contributed by atoms with Crippen molar-refractivity contribution in [1.82, 2.24) is 5.32 Å². The highest BCUT2D eigenvalue weighted by Crippen LogP contribution is 2.29. The van der Waals surface area contributed by atoms with Crippen molar-refractivity contribution in [2.75, 3.05) is 11.5 Å². The average molecular weight is 314 g/mol. The number of halogens is 1. The summed E-state index contributed by atoms with van der Waals surface area (Å²) in [5.41, 5.74) is -2.32. The van der Waals surface area contributed by atoms with Crippen LogP contribution >= 0.6 is 11.8 Å². The van der Waals surface area contributed by atoms with Gasteiger partial charge in [-0.1, -0.05) is 0 Å². The molecular weight excluding hydrogens is 303 g/mol. The van der Waals surface area contributed by atoms with Gasteiger partial charge in [0, 0.05) is 11.8 Å². The van der Waals surface area contributed by atoms with Crippen molar-refractivity contribution in [2.24, 2.45) is 0 Å². The van der Waals surface area contributed by atoms with Gasteiger partial charge < -0.3 is 10.4 Å². The molecule has 1 aromatic rings. The van der Waals surface area contributed by atoms with E-state index in [1.165, 1.54) is 11.8 Å². The number of thioether (sulfide) groups is 1. The van der Waals surface area contributed by atoms with Gasteiger partial charge in [0.05, 0.1) is 16.6 Å². The number of hydrogen-bond acceptors (Lipinski definition) is 5. The molecule has 9 heteroatoms. The molecule has 0 aromatic heterocycles. The van der Waals surface area contributed by atoms with Gasteiger partial charge in [-0.15, -0.1) is 0 Å². The summed E-state index contributed by atoms with van der Waals surface area (Å²) in [6, 6.07) is 2.60. The van der Waals surface area contributed by atoms with Crippen LogP contribution in [-0.2, 0) is 4.79 Å². The first kappa shape index (κ1) is 15.2. The Balaban J connectivity index is 2.24. The number of benzene rings is 1. The molecule has 1 aliphatic heterocycles. The number of carboxylic acid groups (broad SMARTS) is 1. The quantitative estimate of drug-likeness (QED) is 0.642. The molecule has 1 unspecified atom stereocenters. The Labute approximate surface area is 122 Å². The molecule has 0 radical (unpaired) electrons. The predicted octanol–water partition coefficient (Wildman–Crippen LogP) is 1.42. The first-order valence-electron chi connectivity index (χ1n) is 5.93. The molecule has 1 fully saturated rings. The highest BCUT2D eigenvalue weighted by molar-refractivity contribution is 7.99. The molecular formula is C12H11FN2O5S. The van der Waals surface area contributed by atoms with E-state index < -0.39 is 39.4 Å². The van der Waals surface area contributed by atoms with Gasteiger partial charge in [-0.25, -0.2) is 9.18 Å². The second-order valence-electron chi connectivity index (χ2n) is 4.57. The molecule has 2 rings (SSSR count). The second kappa shape index (κ2) is 5.68. The molecule has 0 spiro atoms. The first-order valence-corrected chi connectivity index (χ1v) is 7.09. The third-order valence-electron chi connectivity index (χ3n) is 3.19. The van der Waals surface area contributed by atoms with E-state index in [1.54, 1.807) is 0 Å². The van der Waals surface area contributed by atoms with Crippen LogP contribution in [0.5, 0.6) is 0 Å². The van der Waals surface area contributed by atoms with E-state index in [4.69, 9.17) is 0 Å². The standard InChI is InChI=1S/C12H11FN2O5S/c13-9-5-7(15(19)20)1-2-8(9)10(16)14-12(11(17)18)3-4-21-6-12/h1-2,5H,3-4,6H2,(H,14,16)(H,17,18). The second-order valence-corrected chi connectivity index (χ2v) is 5.67. The monoisotopic (exact) mass is 314 g/mol. The number of nitro benzene ring substituents is 1. The number of aliphatic carboxylic acids is 1. The summed E-state index contributed by atoms with van der Waals surface area (Å²) in [4.78, 5) is 33.1. The highest BCUT2D eigenvalue weighted by Gasteiger charge is 2.43. The summed E-state index contributed by atoms with van der Waals surface area (Å²) >= 11 is 1.38. The number of rotatable bonds is 4. The van der Waals surface area contributed by atoms with E-state index >= 15 is 0 Å². The molecule has 1 heterocycles. The van der Waals surface area contributed by atoms with Gasteiger partial charge in [0.15, 0.2) is 0 Å². The van der Waals surface area contributed by atoms with Crippen LogP contribution in [0, 0.1) is 15.9 Å². The van der Waals surface area contributed by atoms with E-state index in [1.807, 2.05) is 0 Å². The maximum atomic E-state index is 13.7. The SMILES string of the molecule is O=C(NC1(C(=O)O)CCSC1)c1ccc([N+](=O)[O-])cc1F. The van der Waals surface area contributed by atoms with Crippen molar-refractivity contribution in [3.8, 4) is 0 Å². The van der Waals surface area contributed by atoms with Crippen LogP contribution < -0.4 is 5.32 Å². The largest absolute Gasteiger partial charge is 0.479 e. The summed E-state index contributed by atoms with van der Waals surface area (Å²) in [5.74, 6) is -2.36. The topological polar surface area (TPSA) is 110 Å². The third-order valence-corrected chi connectivity index (χ3v) is 4.38. The summed E-state index contributed by atoms with van der Waals surface area (Å²) in [7, 11) is 0. The molecule has 21 heavy (non-hydrogen) atoms. The first-order chi connectivity index (χ1) is 9.85. The summed E-state index contributed by atoms with van der Waals surface area (Å²) in [6.07, 6.45) is 0.243. The molecule has 1 atom stereocenters. The average Bonchev–Trinajstić information content (AvgIpc) is 2.88. The third kappa shape index (κ3) is 2.97.